The molecule has 0 spiro atoms. The molecule has 102 valence electrons. The summed E-state index contributed by atoms with van der Waals surface area (Å²) in [5, 5.41) is 9.98. The van der Waals surface area contributed by atoms with Gasteiger partial charge in [-0.05, 0) is 30.4 Å². The van der Waals surface area contributed by atoms with Gasteiger partial charge in [-0.3, -0.25) is 0 Å². The fourth-order valence-corrected chi connectivity index (χ4v) is 2.56. The molecule has 1 heteroatoms. The zero-order valence-corrected chi connectivity index (χ0v) is 12.0. The van der Waals surface area contributed by atoms with Crippen molar-refractivity contribution in [2.75, 3.05) is 0 Å². The first-order chi connectivity index (χ1) is 8.79. The molecule has 0 saturated carbocycles. The van der Waals surface area contributed by atoms with Crippen LogP contribution in [-0.4, -0.2) is 5.11 Å². The molecule has 0 radical (unpaired) electrons. The van der Waals surface area contributed by atoms with Crippen molar-refractivity contribution in [1.82, 2.24) is 0 Å². The van der Waals surface area contributed by atoms with Crippen molar-refractivity contribution in [1.29, 1.82) is 0 Å². The quantitative estimate of drug-likeness (QED) is 0.561. The summed E-state index contributed by atoms with van der Waals surface area (Å²) in [7, 11) is 0. The van der Waals surface area contributed by atoms with Crippen LogP contribution in [0, 0.1) is 0 Å². The fraction of sp³-hybridized carbons (Fsp3) is 0.647. The number of para-hydroxylation sites is 1. The smallest absolute Gasteiger partial charge is 0.119 e. The van der Waals surface area contributed by atoms with E-state index in [1.165, 1.54) is 51.4 Å². The van der Waals surface area contributed by atoms with E-state index in [1.807, 2.05) is 18.2 Å². The van der Waals surface area contributed by atoms with Crippen molar-refractivity contribution in [3.8, 4) is 5.75 Å². The Morgan fingerprint density at radius 2 is 1.56 bits per heavy atom. The van der Waals surface area contributed by atoms with Gasteiger partial charge in [-0.1, -0.05) is 70.6 Å². The molecule has 1 N–H and O–H groups in total. The Bertz CT molecular complexity index is 319. The van der Waals surface area contributed by atoms with E-state index in [-0.39, 0.29) is 0 Å². The maximum atomic E-state index is 9.98. The minimum atomic E-state index is 0.481. The molecule has 0 fully saturated rings. The minimum Gasteiger partial charge on any atom is -0.508 e. The summed E-state index contributed by atoms with van der Waals surface area (Å²) in [6.07, 6.45) is 10.2. The fourth-order valence-electron chi connectivity index (χ4n) is 2.56. The first-order valence-electron chi connectivity index (χ1n) is 7.57. The van der Waals surface area contributed by atoms with Crippen LogP contribution in [-0.2, 0) is 0 Å². The molecular formula is C17H28O. The Kier molecular flexibility index (Phi) is 7.55. The third kappa shape index (κ3) is 5.12. The predicted octanol–water partition coefficient (Wildman–Crippen LogP) is 5.64. The second kappa shape index (κ2) is 9.02. The van der Waals surface area contributed by atoms with E-state index in [2.05, 4.69) is 19.9 Å². The van der Waals surface area contributed by atoms with Crippen LogP contribution in [0.2, 0.25) is 0 Å². The summed E-state index contributed by atoms with van der Waals surface area (Å²) in [4.78, 5) is 0. The van der Waals surface area contributed by atoms with Crippen molar-refractivity contribution in [3.63, 3.8) is 0 Å². The highest BCUT2D eigenvalue weighted by atomic mass is 16.3. The lowest BCUT2D eigenvalue weighted by atomic mass is 9.88. The van der Waals surface area contributed by atoms with Crippen molar-refractivity contribution in [3.05, 3.63) is 29.8 Å². The average Bonchev–Trinajstić information content (AvgIpc) is 2.39. The molecule has 0 saturated heterocycles. The second-order valence-corrected chi connectivity index (χ2v) is 5.25. The van der Waals surface area contributed by atoms with E-state index >= 15 is 0 Å². The van der Waals surface area contributed by atoms with Crippen LogP contribution in [0.5, 0.6) is 5.75 Å². The SMILES string of the molecule is CCCCCCC(CCCC)c1ccccc1O. The Morgan fingerprint density at radius 3 is 2.22 bits per heavy atom. The van der Waals surface area contributed by atoms with Crippen LogP contribution >= 0.6 is 0 Å². The summed E-state index contributed by atoms with van der Waals surface area (Å²) >= 11 is 0. The zero-order valence-electron chi connectivity index (χ0n) is 12.0. The third-order valence-electron chi connectivity index (χ3n) is 3.69. The van der Waals surface area contributed by atoms with E-state index in [4.69, 9.17) is 0 Å². The highest BCUT2D eigenvalue weighted by molar-refractivity contribution is 5.34. The molecule has 1 aromatic carbocycles. The Morgan fingerprint density at radius 1 is 0.889 bits per heavy atom. The number of hydrogen-bond donors (Lipinski definition) is 1. The number of benzene rings is 1. The topological polar surface area (TPSA) is 20.2 Å². The molecule has 0 aliphatic carbocycles. The normalized spacial score (nSPS) is 12.6. The van der Waals surface area contributed by atoms with Crippen LogP contribution in [0.4, 0.5) is 0 Å². The third-order valence-corrected chi connectivity index (χ3v) is 3.69. The number of hydrogen-bond acceptors (Lipinski definition) is 1. The van der Waals surface area contributed by atoms with E-state index in [0.29, 0.717) is 11.7 Å². The van der Waals surface area contributed by atoms with Crippen LogP contribution in [0.1, 0.15) is 76.7 Å². The lowest BCUT2D eigenvalue weighted by Gasteiger charge is -2.18. The standard InChI is InChI=1S/C17H28O/c1-3-5-7-8-12-15(11-6-4-2)16-13-9-10-14-17(16)18/h9-10,13-15,18H,3-8,11-12H2,1-2H3. The number of aromatic hydroxyl groups is 1. The van der Waals surface area contributed by atoms with Gasteiger partial charge in [0.1, 0.15) is 5.75 Å². The molecule has 1 atom stereocenters. The van der Waals surface area contributed by atoms with E-state index in [9.17, 15) is 5.11 Å². The summed E-state index contributed by atoms with van der Waals surface area (Å²) in [6, 6.07) is 7.86. The largest absolute Gasteiger partial charge is 0.508 e. The van der Waals surface area contributed by atoms with Gasteiger partial charge in [0.05, 0.1) is 0 Å². The summed E-state index contributed by atoms with van der Waals surface area (Å²) in [5.74, 6) is 1.03. The van der Waals surface area contributed by atoms with Gasteiger partial charge < -0.3 is 5.11 Å². The van der Waals surface area contributed by atoms with Gasteiger partial charge in [-0.15, -0.1) is 0 Å². The number of rotatable bonds is 9. The molecule has 1 rings (SSSR count). The van der Waals surface area contributed by atoms with E-state index in [1.54, 1.807) is 0 Å². The van der Waals surface area contributed by atoms with Gasteiger partial charge in [0.2, 0.25) is 0 Å². The van der Waals surface area contributed by atoms with Gasteiger partial charge in [-0.2, -0.15) is 0 Å². The molecule has 0 aromatic heterocycles. The molecule has 0 bridgehead atoms. The highest BCUT2D eigenvalue weighted by Gasteiger charge is 2.14. The Labute approximate surface area is 112 Å². The molecule has 1 aromatic rings. The molecule has 0 aliphatic heterocycles. The van der Waals surface area contributed by atoms with Gasteiger partial charge in [0.25, 0.3) is 0 Å². The van der Waals surface area contributed by atoms with Crippen molar-refractivity contribution >= 4 is 0 Å². The first-order valence-corrected chi connectivity index (χ1v) is 7.57. The molecule has 1 unspecified atom stereocenters. The molecule has 1 nitrogen and oxygen atoms in total. The van der Waals surface area contributed by atoms with Gasteiger partial charge in [-0.25, -0.2) is 0 Å². The van der Waals surface area contributed by atoms with Crippen molar-refractivity contribution in [2.24, 2.45) is 0 Å². The number of phenolic OH excluding ortho intramolecular Hbond substituents is 1. The maximum absolute atomic E-state index is 9.98. The molecule has 0 heterocycles. The Balaban J connectivity index is 2.57. The van der Waals surface area contributed by atoms with Gasteiger partial charge in [0.15, 0.2) is 0 Å². The number of unbranched alkanes of at least 4 members (excludes halogenated alkanes) is 4. The van der Waals surface area contributed by atoms with Crippen LogP contribution in [0.25, 0.3) is 0 Å². The minimum absolute atomic E-state index is 0.481. The van der Waals surface area contributed by atoms with Crippen LogP contribution in [0.3, 0.4) is 0 Å². The molecular weight excluding hydrogens is 220 g/mol. The van der Waals surface area contributed by atoms with Crippen molar-refractivity contribution < 1.29 is 5.11 Å². The molecule has 0 amide bonds. The van der Waals surface area contributed by atoms with Gasteiger partial charge in [0, 0.05) is 0 Å². The van der Waals surface area contributed by atoms with Crippen LogP contribution in [0.15, 0.2) is 24.3 Å². The Hall–Kier alpha value is -0.980. The molecule has 18 heavy (non-hydrogen) atoms. The zero-order chi connectivity index (χ0) is 13.2. The lowest BCUT2D eigenvalue weighted by molar-refractivity contribution is 0.443. The summed E-state index contributed by atoms with van der Waals surface area (Å²) < 4.78 is 0. The van der Waals surface area contributed by atoms with E-state index < -0.39 is 0 Å². The van der Waals surface area contributed by atoms with Gasteiger partial charge >= 0.3 is 0 Å². The molecule has 0 aliphatic rings. The number of phenols is 1. The van der Waals surface area contributed by atoms with Crippen molar-refractivity contribution in [2.45, 2.75) is 71.1 Å². The lowest BCUT2D eigenvalue weighted by Crippen LogP contribution is -2.00. The average molecular weight is 248 g/mol. The first kappa shape index (κ1) is 15.1. The predicted molar refractivity (Wildman–Crippen MR) is 79.1 cm³/mol. The van der Waals surface area contributed by atoms with E-state index in [0.717, 1.165) is 5.56 Å². The monoisotopic (exact) mass is 248 g/mol. The highest BCUT2D eigenvalue weighted by Crippen LogP contribution is 2.33. The summed E-state index contributed by atoms with van der Waals surface area (Å²) in [5.41, 5.74) is 1.16. The second-order valence-electron chi connectivity index (χ2n) is 5.25. The summed E-state index contributed by atoms with van der Waals surface area (Å²) in [6.45, 7) is 4.48. The van der Waals surface area contributed by atoms with Crippen LogP contribution < -0.4 is 0 Å². The maximum Gasteiger partial charge on any atom is 0.119 e.